The van der Waals surface area contributed by atoms with E-state index in [0.717, 1.165) is 36.0 Å². The van der Waals surface area contributed by atoms with Crippen LogP contribution in [0.3, 0.4) is 0 Å². The van der Waals surface area contributed by atoms with Crippen LogP contribution in [0.25, 0.3) is 22.2 Å². The average molecular weight is 508 g/mol. The molecular weight excluding hydrogens is 484 g/mol. The van der Waals surface area contributed by atoms with E-state index in [1.54, 1.807) is 30.3 Å². The van der Waals surface area contributed by atoms with E-state index in [9.17, 15) is 15.0 Å². The number of unbranched alkanes of at least 4 members (excludes halogenated alkanes) is 1. The van der Waals surface area contributed by atoms with Crippen LogP contribution in [0.4, 0.5) is 0 Å². The van der Waals surface area contributed by atoms with Gasteiger partial charge in [-0.1, -0.05) is 60.8 Å². The van der Waals surface area contributed by atoms with Gasteiger partial charge in [0.2, 0.25) is 0 Å². The Hall–Kier alpha value is -1.93. The summed E-state index contributed by atoms with van der Waals surface area (Å²) < 4.78 is 1.96. The third-order valence-electron chi connectivity index (χ3n) is 5.60. The second-order valence-corrected chi connectivity index (χ2v) is 8.57. The number of aryl methyl sites for hydroxylation is 1. The van der Waals surface area contributed by atoms with Gasteiger partial charge in [-0.3, -0.25) is 0 Å². The van der Waals surface area contributed by atoms with Gasteiger partial charge >= 0.3 is 35.5 Å². The Labute approximate surface area is 231 Å². The number of carbonyl (C=O) groups is 1. The predicted octanol–water partition coefficient (Wildman–Crippen LogP) is 3.10. The van der Waals surface area contributed by atoms with Crippen LogP contribution in [0, 0.1) is 0 Å². The largest absolute Gasteiger partial charge is 1.00 e. The number of fused-ring (bicyclic) bond motifs is 1. The molecule has 2 aromatic heterocycles. The van der Waals surface area contributed by atoms with E-state index in [-0.39, 0.29) is 43.2 Å². The topological polar surface area (TPSA) is 88.2 Å². The zero-order chi connectivity index (χ0) is 23.5. The molecule has 0 fully saturated rings. The number of hydrogen-bond acceptors (Lipinski definition) is 4. The van der Waals surface area contributed by atoms with E-state index in [2.05, 4.69) is 16.9 Å². The first-order valence-electron chi connectivity index (χ1n) is 10.7. The number of aromatic nitrogens is 3. The first-order chi connectivity index (χ1) is 15.9. The van der Waals surface area contributed by atoms with Crippen LogP contribution >= 0.6 is 23.2 Å². The van der Waals surface area contributed by atoms with Gasteiger partial charge in [0.15, 0.2) is 5.15 Å². The average Bonchev–Trinajstić information content (AvgIpc) is 3.11. The van der Waals surface area contributed by atoms with Crippen molar-refractivity contribution in [1.29, 1.82) is 0 Å². The van der Waals surface area contributed by atoms with Gasteiger partial charge in [0.25, 0.3) is 0 Å². The summed E-state index contributed by atoms with van der Waals surface area (Å²) in [7, 11) is 0. The quantitative estimate of drug-likeness (QED) is 0.357. The van der Waals surface area contributed by atoms with Gasteiger partial charge in [-0.25, -0.2) is 14.8 Å². The van der Waals surface area contributed by atoms with Crippen LogP contribution < -0.4 is 29.6 Å². The van der Waals surface area contributed by atoms with E-state index < -0.39 is 5.97 Å². The molecule has 9 heteroatoms. The number of aromatic carboxylic acids is 1. The van der Waals surface area contributed by atoms with Gasteiger partial charge in [-0.05, 0) is 36.2 Å². The molecule has 0 aliphatic rings. The van der Waals surface area contributed by atoms with Crippen molar-refractivity contribution in [2.45, 2.75) is 39.3 Å². The number of pyridine rings is 1. The second kappa shape index (κ2) is 11.7. The Balaban J connectivity index is 0.00000216. The molecule has 0 amide bonds. The summed E-state index contributed by atoms with van der Waals surface area (Å²) >= 11 is 12.9. The van der Waals surface area contributed by atoms with E-state index in [1.807, 2.05) is 22.8 Å². The van der Waals surface area contributed by atoms with Crippen LogP contribution in [0.1, 0.15) is 48.6 Å². The number of rotatable bonds is 8. The molecule has 0 aliphatic heterocycles. The number of carboxylic acids is 1. The standard InChI is InChI=1S/C25H23Cl2N3O3.Na.H/c1-2-3-8-23-29-24(27)22(14-31)30(23)13-15-9-10-20-18(11-15)19(26)12-21(28-20)16-6-4-5-7-17(16)25(32)33;;/h4-7,9-12,31H,2-3,8,13-14H2,1H3,(H,32,33);;/q;+1;-1. The van der Waals surface area contributed by atoms with Gasteiger partial charge in [-0.2, -0.15) is 0 Å². The molecule has 0 unspecified atom stereocenters. The number of nitrogens with zero attached hydrogens (tertiary/aromatic N) is 3. The normalized spacial score (nSPS) is 10.9. The summed E-state index contributed by atoms with van der Waals surface area (Å²) in [5.74, 6) is -0.174. The molecule has 6 nitrogen and oxygen atoms in total. The fourth-order valence-corrected chi connectivity index (χ4v) is 4.43. The van der Waals surface area contributed by atoms with Gasteiger partial charge in [0.05, 0.1) is 34.1 Å². The molecule has 2 aromatic carbocycles. The van der Waals surface area contributed by atoms with Crippen LogP contribution in [-0.4, -0.2) is 30.7 Å². The monoisotopic (exact) mass is 507 g/mol. The Morgan fingerprint density at radius 1 is 1.12 bits per heavy atom. The first kappa shape index (κ1) is 26.7. The number of aliphatic hydroxyl groups is 1. The minimum Gasteiger partial charge on any atom is -1.00 e. The van der Waals surface area contributed by atoms with Crippen molar-refractivity contribution in [2.24, 2.45) is 0 Å². The summed E-state index contributed by atoms with van der Waals surface area (Å²) in [4.78, 5) is 20.7. The smallest absolute Gasteiger partial charge is 1.00 e. The van der Waals surface area contributed by atoms with Crippen LogP contribution in [0.5, 0.6) is 0 Å². The fourth-order valence-electron chi connectivity index (χ4n) is 3.91. The Bertz CT molecular complexity index is 1350. The van der Waals surface area contributed by atoms with Crippen molar-refractivity contribution < 1.29 is 46.0 Å². The molecule has 4 rings (SSSR count). The van der Waals surface area contributed by atoms with Crippen LogP contribution in [0.15, 0.2) is 48.5 Å². The predicted molar refractivity (Wildman–Crippen MR) is 131 cm³/mol. The maximum Gasteiger partial charge on any atom is 1.00 e. The van der Waals surface area contributed by atoms with Gasteiger partial charge in [-0.15, -0.1) is 0 Å². The summed E-state index contributed by atoms with van der Waals surface area (Å²) in [6.45, 7) is 2.41. The zero-order valence-corrected chi connectivity index (χ0v) is 22.6. The molecule has 0 radical (unpaired) electrons. The molecule has 0 saturated carbocycles. The van der Waals surface area contributed by atoms with Crippen LogP contribution in [0.2, 0.25) is 10.2 Å². The summed E-state index contributed by atoms with van der Waals surface area (Å²) in [5, 5.41) is 20.9. The van der Waals surface area contributed by atoms with Crippen molar-refractivity contribution >= 4 is 40.1 Å². The molecule has 172 valence electrons. The van der Waals surface area contributed by atoms with Crippen molar-refractivity contribution in [3.8, 4) is 11.3 Å². The summed E-state index contributed by atoms with van der Waals surface area (Å²) in [6, 6.07) is 14.2. The first-order valence-corrected chi connectivity index (χ1v) is 11.4. The number of benzene rings is 2. The van der Waals surface area contributed by atoms with Gasteiger partial charge < -0.3 is 16.2 Å². The molecule has 0 spiro atoms. The van der Waals surface area contributed by atoms with Crippen LogP contribution in [-0.2, 0) is 19.6 Å². The number of carboxylic acid groups (broad SMARTS) is 1. The van der Waals surface area contributed by atoms with E-state index >= 15 is 0 Å². The Kier molecular flexibility index (Phi) is 9.15. The van der Waals surface area contributed by atoms with E-state index in [1.165, 1.54) is 0 Å². The molecule has 2 heterocycles. The van der Waals surface area contributed by atoms with Gasteiger partial charge in [0.1, 0.15) is 5.82 Å². The third-order valence-corrected chi connectivity index (χ3v) is 6.22. The maximum atomic E-state index is 11.6. The number of halogens is 2. The minimum atomic E-state index is -1.02. The number of hydrogen-bond donors (Lipinski definition) is 2. The van der Waals surface area contributed by atoms with E-state index in [4.69, 9.17) is 23.2 Å². The molecular formula is C25H24Cl2N3NaO3. The summed E-state index contributed by atoms with van der Waals surface area (Å²) in [6.07, 6.45) is 2.79. The summed E-state index contributed by atoms with van der Waals surface area (Å²) in [5.41, 5.74) is 3.41. The molecule has 2 N–H and O–H groups in total. The molecule has 0 atom stereocenters. The van der Waals surface area contributed by atoms with Crippen molar-refractivity contribution in [3.05, 3.63) is 81.4 Å². The maximum absolute atomic E-state index is 11.6. The molecule has 0 saturated heterocycles. The van der Waals surface area contributed by atoms with Gasteiger partial charge in [0, 0.05) is 23.9 Å². The third kappa shape index (κ3) is 5.48. The SMILES string of the molecule is CCCCc1nc(Cl)c(CO)n1Cc1ccc2nc(-c3ccccc3C(=O)O)cc(Cl)c2c1.[H-].[Na+]. The second-order valence-electron chi connectivity index (χ2n) is 7.80. The minimum absolute atomic E-state index is 0. The molecule has 0 aliphatic carbocycles. The molecule has 4 aromatic rings. The zero-order valence-electron chi connectivity index (χ0n) is 20.1. The van der Waals surface area contributed by atoms with Crippen molar-refractivity contribution in [3.63, 3.8) is 0 Å². The fraction of sp³-hybridized carbons (Fsp3) is 0.240. The number of aliphatic hydroxyl groups excluding tert-OH is 1. The van der Waals surface area contributed by atoms with Crippen molar-refractivity contribution in [2.75, 3.05) is 0 Å². The Morgan fingerprint density at radius 3 is 2.59 bits per heavy atom. The molecule has 0 bridgehead atoms. The Morgan fingerprint density at radius 2 is 1.88 bits per heavy atom. The number of imidazole rings is 1. The molecule has 34 heavy (non-hydrogen) atoms. The van der Waals surface area contributed by atoms with E-state index in [0.29, 0.717) is 39.2 Å². The van der Waals surface area contributed by atoms with Crippen molar-refractivity contribution in [1.82, 2.24) is 14.5 Å².